The van der Waals surface area contributed by atoms with E-state index in [0.29, 0.717) is 18.2 Å². The van der Waals surface area contributed by atoms with Crippen molar-refractivity contribution in [3.8, 4) is 0 Å². The van der Waals surface area contributed by atoms with Gasteiger partial charge in [-0.25, -0.2) is 0 Å². The van der Waals surface area contributed by atoms with E-state index in [-0.39, 0.29) is 0 Å². The van der Waals surface area contributed by atoms with Crippen molar-refractivity contribution in [3.63, 3.8) is 0 Å². The summed E-state index contributed by atoms with van der Waals surface area (Å²) in [5.41, 5.74) is 0. The summed E-state index contributed by atoms with van der Waals surface area (Å²) in [4.78, 5) is 0. The maximum Gasteiger partial charge on any atom is 0.0675 e. The summed E-state index contributed by atoms with van der Waals surface area (Å²) in [6.07, 6.45) is 7.50. The molecule has 0 radical (unpaired) electrons. The number of rotatable bonds is 6. The fraction of sp³-hybridized carbons (Fsp3) is 1.00. The lowest BCUT2D eigenvalue weighted by Crippen LogP contribution is -2.35. The molecule has 1 fully saturated rings. The van der Waals surface area contributed by atoms with E-state index in [2.05, 4.69) is 33.0 Å². The summed E-state index contributed by atoms with van der Waals surface area (Å²) in [6.45, 7) is 9.83. The van der Waals surface area contributed by atoms with Crippen molar-refractivity contribution in [2.45, 2.75) is 78.0 Å². The Labute approximate surface area is 101 Å². The van der Waals surface area contributed by atoms with Gasteiger partial charge in [0, 0.05) is 12.6 Å². The van der Waals surface area contributed by atoms with Crippen LogP contribution in [0, 0.1) is 5.92 Å². The second-order valence-electron chi connectivity index (χ2n) is 5.57. The fourth-order valence-electron chi connectivity index (χ4n) is 2.51. The van der Waals surface area contributed by atoms with Gasteiger partial charge in [0.2, 0.25) is 0 Å². The molecule has 16 heavy (non-hydrogen) atoms. The van der Waals surface area contributed by atoms with Gasteiger partial charge in [0.05, 0.1) is 12.2 Å². The summed E-state index contributed by atoms with van der Waals surface area (Å²) in [5, 5.41) is 3.44. The molecule has 0 saturated heterocycles. The Morgan fingerprint density at radius 1 is 1.25 bits per heavy atom. The van der Waals surface area contributed by atoms with E-state index >= 15 is 0 Å². The third-order valence-electron chi connectivity index (χ3n) is 3.55. The van der Waals surface area contributed by atoms with Gasteiger partial charge >= 0.3 is 0 Å². The second kappa shape index (κ2) is 7.29. The largest absolute Gasteiger partial charge is 0.374 e. The molecule has 0 spiro atoms. The van der Waals surface area contributed by atoms with Crippen LogP contribution in [-0.4, -0.2) is 24.8 Å². The van der Waals surface area contributed by atoms with E-state index in [1.807, 2.05) is 0 Å². The minimum Gasteiger partial charge on any atom is -0.374 e. The lowest BCUT2D eigenvalue weighted by molar-refractivity contribution is -0.0320. The van der Waals surface area contributed by atoms with Crippen molar-refractivity contribution >= 4 is 0 Å². The average molecular weight is 227 g/mol. The Morgan fingerprint density at radius 2 is 2.00 bits per heavy atom. The summed E-state index contributed by atoms with van der Waals surface area (Å²) in [5.74, 6) is 0.906. The average Bonchev–Trinajstić information content (AvgIpc) is 2.26. The molecular weight excluding hydrogens is 198 g/mol. The Hall–Kier alpha value is -0.0800. The minimum absolute atomic E-state index is 0.350. The highest BCUT2D eigenvalue weighted by molar-refractivity contribution is 4.74. The van der Waals surface area contributed by atoms with Crippen molar-refractivity contribution < 1.29 is 4.74 Å². The Balaban J connectivity index is 2.19. The normalized spacial score (nSPS) is 28.3. The Bertz CT molecular complexity index is 182. The molecule has 0 bridgehead atoms. The van der Waals surface area contributed by atoms with Crippen LogP contribution in [0.2, 0.25) is 0 Å². The maximum atomic E-state index is 6.11. The molecule has 0 aromatic rings. The first-order valence-electron chi connectivity index (χ1n) is 7.00. The van der Waals surface area contributed by atoms with Crippen LogP contribution in [0.15, 0.2) is 0 Å². The van der Waals surface area contributed by atoms with Crippen molar-refractivity contribution in [3.05, 3.63) is 0 Å². The molecular formula is C14H29NO. The van der Waals surface area contributed by atoms with E-state index in [9.17, 15) is 0 Å². The highest BCUT2D eigenvalue weighted by Gasteiger charge is 2.22. The number of ether oxygens (including phenoxy) is 1. The molecule has 2 nitrogen and oxygen atoms in total. The lowest BCUT2D eigenvalue weighted by Gasteiger charge is -2.31. The van der Waals surface area contributed by atoms with Crippen molar-refractivity contribution in [2.75, 3.05) is 6.54 Å². The molecule has 3 atom stereocenters. The van der Waals surface area contributed by atoms with Crippen LogP contribution in [-0.2, 0) is 4.74 Å². The van der Waals surface area contributed by atoms with Gasteiger partial charge < -0.3 is 10.1 Å². The van der Waals surface area contributed by atoms with E-state index in [1.165, 1.54) is 32.1 Å². The van der Waals surface area contributed by atoms with Gasteiger partial charge in [-0.15, -0.1) is 0 Å². The zero-order valence-electron chi connectivity index (χ0n) is 11.5. The van der Waals surface area contributed by atoms with E-state index in [4.69, 9.17) is 4.74 Å². The van der Waals surface area contributed by atoms with Crippen molar-refractivity contribution in [1.82, 2.24) is 5.32 Å². The van der Waals surface area contributed by atoms with E-state index in [1.54, 1.807) is 0 Å². The topological polar surface area (TPSA) is 21.3 Å². The monoisotopic (exact) mass is 227 g/mol. The van der Waals surface area contributed by atoms with E-state index in [0.717, 1.165) is 12.5 Å². The highest BCUT2D eigenvalue weighted by atomic mass is 16.5. The fourth-order valence-corrected chi connectivity index (χ4v) is 2.51. The summed E-state index contributed by atoms with van der Waals surface area (Å²) >= 11 is 0. The summed E-state index contributed by atoms with van der Waals surface area (Å²) < 4.78 is 6.11. The standard InChI is InChI=1S/C14H29NO/c1-5-13-7-6-8-14(9-13)16-12(4)10-15-11(2)3/h11-15H,5-10H2,1-4H3. The third kappa shape index (κ3) is 5.31. The molecule has 1 aliphatic carbocycles. The molecule has 0 heterocycles. The molecule has 1 aliphatic rings. The molecule has 0 amide bonds. The number of nitrogens with one attached hydrogen (secondary N) is 1. The second-order valence-corrected chi connectivity index (χ2v) is 5.57. The number of hydrogen-bond donors (Lipinski definition) is 1. The molecule has 1 rings (SSSR count). The molecule has 2 heteroatoms. The van der Waals surface area contributed by atoms with Crippen LogP contribution in [0.25, 0.3) is 0 Å². The van der Waals surface area contributed by atoms with Crippen molar-refractivity contribution in [1.29, 1.82) is 0 Å². The molecule has 3 unspecified atom stereocenters. The van der Waals surface area contributed by atoms with Crippen molar-refractivity contribution in [2.24, 2.45) is 5.92 Å². The Morgan fingerprint density at radius 3 is 2.62 bits per heavy atom. The first kappa shape index (κ1) is 14.0. The smallest absolute Gasteiger partial charge is 0.0675 e. The summed E-state index contributed by atoms with van der Waals surface area (Å²) in [6, 6.07) is 0.556. The van der Waals surface area contributed by atoms with Gasteiger partial charge in [-0.3, -0.25) is 0 Å². The molecule has 0 aliphatic heterocycles. The zero-order chi connectivity index (χ0) is 12.0. The SMILES string of the molecule is CCC1CCCC(OC(C)CNC(C)C)C1. The van der Waals surface area contributed by atoms with Gasteiger partial charge in [0.25, 0.3) is 0 Å². The quantitative estimate of drug-likeness (QED) is 0.751. The van der Waals surface area contributed by atoms with Gasteiger partial charge in [-0.05, 0) is 25.7 Å². The van der Waals surface area contributed by atoms with Crippen LogP contribution >= 0.6 is 0 Å². The van der Waals surface area contributed by atoms with E-state index < -0.39 is 0 Å². The lowest BCUT2D eigenvalue weighted by atomic mass is 9.85. The van der Waals surface area contributed by atoms with Crippen LogP contribution in [0.5, 0.6) is 0 Å². The van der Waals surface area contributed by atoms with Crippen LogP contribution in [0.4, 0.5) is 0 Å². The molecule has 1 saturated carbocycles. The number of hydrogen-bond acceptors (Lipinski definition) is 2. The third-order valence-corrected chi connectivity index (χ3v) is 3.55. The van der Waals surface area contributed by atoms with Crippen LogP contribution in [0.1, 0.15) is 59.8 Å². The Kier molecular flexibility index (Phi) is 6.37. The van der Waals surface area contributed by atoms with Gasteiger partial charge in [0.15, 0.2) is 0 Å². The van der Waals surface area contributed by atoms with Crippen LogP contribution in [0.3, 0.4) is 0 Å². The molecule has 1 N–H and O–H groups in total. The molecule has 96 valence electrons. The van der Waals surface area contributed by atoms with Gasteiger partial charge in [-0.1, -0.05) is 40.0 Å². The maximum absolute atomic E-state index is 6.11. The first-order chi connectivity index (χ1) is 7.61. The zero-order valence-corrected chi connectivity index (χ0v) is 11.5. The predicted molar refractivity (Wildman–Crippen MR) is 69.7 cm³/mol. The summed E-state index contributed by atoms with van der Waals surface area (Å²) in [7, 11) is 0. The minimum atomic E-state index is 0.350. The van der Waals surface area contributed by atoms with Crippen LogP contribution < -0.4 is 5.32 Å². The molecule has 0 aromatic carbocycles. The van der Waals surface area contributed by atoms with Gasteiger partial charge in [-0.2, -0.15) is 0 Å². The molecule has 0 aromatic heterocycles. The van der Waals surface area contributed by atoms with Gasteiger partial charge in [0.1, 0.15) is 0 Å². The highest BCUT2D eigenvalue weighted by Crippen LogP contribution is 2.28. The predicted octanol–water partition coefficient (Wildman–Crippen LogP) is 3.36. The first-order valence-corrected chi connectivity index (χ1v) is 7.00.